The molecule has 0 aliphatic heterocycles. The lowest BCUT2D eigenvalue weighted by atomic mass is 10.0. The van der Waals surface area contributed by atoms with Gasteiger partial charge in [-0.3, -0.25) is 19.9 Å². The molecule has 0 bridgehead atoms. The van der Waals surface area contributed by atoms with Crippen molar-refractivity contribution in [1.82, 2.24) is 15.3 Å². The molecule has 162 valence electrons. The quantitative estimate of drug-likeness (QED) is 0.417. The number of benzene rings is 2. The van der Waals surface area contributed by atoms with Gasteiger partial charge in [0.2, 0.25) is 0 Å². The van der Waals surface area contributed by atoms with E-state index in [4.69, 9.17) is 4.74 Å². The highest BCUT2D eigenvalue weighted by atomic mass is 16.5. The number of anilines is 1. The molecule has 2 aromatic heterocycles. The van der Waals surface area contributed by atoms with Gasteiger partial charge >= 0.3 is 6.09 Å². The summed E-state index contributed by atoms with van der Waals surface area (Å²) < 4.78 is 5.24. The van der Waals surface area contributed by atoms with Gasteiger partial charge in [0.1, 0.15) is 6.61 Å². The van der Waals surface area contributed by atoms with Gasteiger partial charge in [0.25, 0.3) is 5.91 Å². The molecule has 3 N–H and O–H groups in total. The average molecular weight is 430 g/mol. The van der Waals surface area contributed by atoms with E-state index >= 15 is 0 Å². The Morgan fingerprint density at radius 1 is 1.03 bits per heavy atom. The van der Waals surface area contributed by atoms with Crippen LogP contribution >= 0.6 is 0 Å². The first-order valence-electron chi connectivity index (χ1n) is 10.0. The van der Waals surface area contributed by atoms with Crippen LogP contribution in [0.25, 0.3) is 21.8 Å². The molecule has 4 rings (SSSR count). The van der Waals surface area contributed by atoms with E-state index in [1.165, 1.54) is 6.20 Å². The molecule has 8 heteroatoms. The SMILES string of the molecule is CC(C)(COC(=O)Nc1cccnc1)NC(=O)c1ccc2c(=O)c3ccccc3[nH]c2c1. The van der Waals surface area contributed by atoms with Crippen molar-refractivity contribution in [2.45, 2.75) is 19.4 Å². The van der Waals surface area contributed by atoms with Gasteiger partial charge in [-0.2, -0.15) is 0 Å². The number of H-pyrrole nitrogens is 1. The Kier molecular flexibility index (Phi) is 5.59. The van der Waals surface area contributed by atoms with Crippen molar-refractivity contribution in [3.8, 4) is 0 Å². The van der Waals surface area contributed by atoms with Crippen LogP contribution in [0.15, 0.2) is 71.8 Å². The van der Waals surface area contributed by atoms with Crippen LogP contribution in [0.1, 0.15) is 24.2 Å². The van der Waals surface area contributed by atoms with Crippen LogP contribution in [-0.4, -0.2) is 34.1 Å². The predicted molar refractivity (Wildman–Crippen MR) is 123 cm³/mol. The van der Waals surface area contributed by atoms with Crippen molar-refractivity contribution in [3.05, 3.63) is 82.8 Å². The minimum atomic E-state index is -0.824. The third-order valence-electron chi connectivity index (χ3n) is 4.89. The van der Waals surface area contributed by atoms with Crippen LogP contribution < -0.4 is 16.1 Å². The summed E-state index contributed by atoms with van der Waals surface area (Å²) in [5.74, 6) is -0.345. The second-order valence-electron chi connectivity index (χ2n) is 8.04. The first-order valence-corrected chi connectivity index (χ1v) is 10.0. The summed E-state index contributed by atoms with van der Waals surface area (Å²) in [5.41, 5.74) is 1.26. The van der Waals surface area contributed by atoms with Crippen LogP contribution in [0.5, 0.6) is 0 Å². The summed E-state index contributed by atoms with van der Waals surface area (Å²) in [6.45, 7) is 3.46. The van der Waals surface area contributed by atoms with Gasteiger partial charge in [0.05, 0.1) is 22.9 Å². The number of ether oxygens (including phenoxy) is 1. The minimum Gasteiger partial charge on any atom is -0.447 e. The Bertz CT molecular complexity index is 1360. The number of aromatic amines is 1. The molecule has 2 aromatic carbocycles. The van der Waals surface area contributed by atoms with Gasteiger partial charge in [-0.05, 0) is 56.3 Å². The number of amides is 2. The highest BCUT2D eigenvalue weighted by Gasteiger charge is 2.24. The molecular weight excluding hydrogens is 408 g/mol. The Morgan fingerprint density at radius 3 is 2.59 bits per heavy atom. The maximum Gasteiger partial charge on any atom is 0.411 e. The smallest absolute Gasteiger partial charge is 0.411 e. The molecule has 8 nitrogen and oxygen atoms in total. The summed E-state index contributed by atoms with van der Waals surface area (Å²) in [5, 5.41) is 6.54. The minimum absolute atomic E-state index is 0.0418. The largest absolute Gasteiger partial charge is 0.447 e. The number of aromatic nitrogens is 2. The molecule has 32 heavy (non-hydrogen) atoms. The van der Waals surface area contributed by atoms with E-state index in [1.54, 1.807) is 56.4 Å². The van der Waals surface area contributed by atoms with Gasteiger partial charge in [-0.1, -0.05) is 12.1 Å². The number of hydrogen-bond donors (Lipinski definition) is 3. The van der Waals surface area contributed by atoms with Crippen molar-refractivity contribution in [3.63, 3.8) is 0 Å². The first kappa shape index (κ1) is 21.0. The van der Waals surface area contributed by atoms with Gasteiger partial charge < -0.3 is 15.0 Å². The van der Waals surface area contributed by atoms with E-state index in [-0.39, 0.29) is 17.9 Å². The van der Waals surface area contributed by atoms with E-state index in [9.17, 15) is 14.4 Å². The molecule has 2 heterocycles. The number of carbonyl (C=O) groups is 2. The Balaban J connectivity index is 1.45. The number of nitrogens with zero attached hydrogens (tertiary/aromatic N) is 1. The van der Waals surface area contributed by atoms with Crippen LogP contribution in [0.4, 0.5) is 10.5 Å². The molecule has 0 atom stereocenters. The van der Waals surface area contributed by atoms with Crippen LogP contribution in [0, 0.1) is 0 Å². The van der Waals surface area contributed by atoms with Crippen LogP contribution in [0.2, 0.25) is 0 Å². The number of rotatable bonds is 5. The fourth-order valence-electron chi connectivity index (χ4n) is 3.32. The predicted octanol–water partition coefficient (Wildman–Crippen LogP) is 3.83. The molecule has 0 unspecified atom stereocenters. The summed E-state index contributed by atoms with van der Waals surface area (Å²) >= 11 is 0. The fraction of sp³-hybridized carbons (Fsp3) is 0.167. The molecule has 0 radical (unpaired) electrons. The third-order valence-corrected chi connectivity index (χ3v) is 4.89. The van der Waals surface area contributed by atoms with Crippen molar-refractivity contribution >= 4 is 39.5 Å². The highest BCUT2D eigenvalue weighted by Crippen LogP contribution is 2.17. The van der Waals surface area contributed by atoms with E-state index < -0.39 is 11.6 Å². The molecule has 0 saturated heterocycles. The molecule has 2 amide bonds. The molecule has 0 saturated carbocycles. The van der Waals surface area contributed by atoms with Crippen molar-refractivity contribution in [1.29, 1.82) is 0 Å². The van der Waals surface area contributed by atoms with Crippen LogP contribution in [-0.2, 0) is 4.74 Å². The number of hydrogen-bond acceptors (Lipinski definition) is 5. The Morgan fingerprint density at radius 2 is 1.81 bits per heavy atom. The maximum absolute atomic E-state index is 12.8. The summed E-state index contributed by atoms with van der Waals surface area (Å²) in [6.07, 6.45) is 2.46. The zero-order valence-electron chi connectivity index (χ0n) is 17.6. The zero-order chi connectivity index (χ0) is 22.7. The van der Waals surface area contributed by atoms with Gasteiger partial charge in [-0.25, -0.2) is 4.79 Å². The lowest BCUT2D eigenvalue weighted by Crippen LogP contribution is -2.47. The molecule has 0 fully saturated rings. The second-order valence-corrected chi connectivity index (χ2v) is 8.04. The standard InChI is InChI=1S/C24H22N4O4/c1-24(2,14-32-23(31)26-16-6-5-11-25-13-16)28-22(30)15-9-10-18-20(12-15)27-19-8-4-3-7-17(19)21(18)29/h3-13H,14H2,1-2H3,(H,26,31)(H,27,29)(H,28,30). The molecule has 0 aliphatic rings. The Hall–Kier alpha value is -4.20. The van der Waals surface area contributed by atoms with E-state index in [0.29, 0.717) is 33.1 Å². The van der Waals surface area contributed by atoms with E-state index in [0.717, 1.165) is 0 Å². The second kappa shape index (κ2) is 8.50. The number of pyridine rings is 2. The molecule has 0 aliphatic carbocycles. The zero-order valence-corrected chi connectivity index (χ0v) is 17.6. The number of fused-ring (bicyclic) bond motifs is 2. The monoisotopic (exact) mass is 430 g/mol. The van der Waals surface area contributed by atoms with Crippen molar-refractivity contribution < 1.29 is 14.3 Å². The van der Waals surface area contributed by atoms with Crippen molar-refractivity contribution in [2.24, 2.45) is 0 Å². The lowest BCUT2D eigenvalue weighted by Gasteiger charge is -2.26. The Labute approximate surface area is 183 Å². The van der Waals surface area contributed by atoms with Gasteiger partial charge in [0, 0.05) is 28.0 Å². The topological polar surface area (TPSA) is 113 Å². The summed E-state index contributed by atoms with van der Waals surface area (Å²) in [4.78, 5) is 44.6. The first-order chi connectivity index (χ1) is 15.3. The molecule has 0 spiro atoms. The van der Waals surface area contributed by atoms with Crippen LogP contribution in [0.3, 0.4) is 0 Å². The van der Waals surface area contributed by atoms with Gasteiger partial charge in [-0.15, -0.1) is 0 Å². The average Bonchev–Trinajstić information content (AvgIpc) is 2.78. The van der Waals surface area contributed by atoms with Crippen molar-refractivity contribution in [2.75, 3.05) is 11.9 Å². The summed E-state index contributed by atoms with van der Waals surface area (Å²) in [7, 11) is 0. The maximum atomic E-state index is 12.8. The number of para-hydroxylation sites is 1. The fourth-order valence-corrected chi connectivity index (χ4v) is 3.32. The normalized spacial score (nSPS) is 11.3. The number of carbonyl (C=O) groups excluding carboxylic acids is 2. The lowest BCUT2D eigenvalue weighted by molar-refractivity contribution is 0.0837. The molecule has 4 aromatic rings. The summed E-state index contributed by atoms with van der Waals surface area (Å²) in [6, 6.07) is 15.5. The van der Waals surface area contributed by atoms with E-state index in [1.807, 2.05) is 18.2 Å². The third kappa shape index (κ3) is 4.59. The highest BCUT2D eigenvalue weighted by molar-refractivity contribution is 6.00. The number of nitrogens with one attached hydrogen (secondary N) is 3. The van der Waals surface area contributed by atoms with E-state index in [2.05, 4.69) is 20.6 Å². The van der Waals surface area contributed by atoms with Gasteiger partial charge in [0.15, 0.2) is 5.43 Å². The molecular formula is C24H22N4O4.